The molecule has 0 bridgehead atoms. The Balaban J connectivity index is 6.05. The fraction of sp³-hybridized carbons (Fsp3) is 1.00. The Bertz CT molecular complexity index is 501. The summed E-state index contributed by atoms with van der Waals surface area (Å²) in [7, 11) is 0. The summed E-state index contributed by atoms with van der Waals surface area (Å²) in [6.45, 7) is -3.22. The number of halogens is 14. The van der Waals surface area contributed by atoms with E-state index in [9.17, 15) is 61.5 Å². The van der Waals surface area contributed by atoms with Gasteiger partial charge in [-0.05, 0) is 6.92 Å². The molecule has 27 heavy (non-hydrogen) atoms. The Labute approximate surface area is 141 Å². The summed E-state index contributed by atoms with van der Waals surface area (Å²) in [5, 5.41) is 8.61. The monoisotopic (exact) mass is 440 g/mol. The number of hydrogen-bond acceptors (Lipinski definition) is 2. The number of ether oxygens (including phenoxy) is 1. The molecule has 164 valence electrons. The van der Waals surface area contributed by atoms with Crippen LogP contribution in [0.15, 0.2) is 0 Å². The van der Waals surface area contributed by atoms with E-state index in [-0.39, 0.29) is 0 Å². The van der Waals surface area contributed by atoms with Crippen molar-refractivity contribution in [2.24, 2.45) is 0 Å². The molecule has 0 radical (unpaired) electrons. The zero-order chi connectivity index (χ0) is 22.3. The van der Waals surface area contributed by atoms with Crippen LogP contribution in [-0.2, 0) is 4.74 Å². The third kappa shape index (κ3) is 4.05. The molecule has 0 aliphatic rings. The predicted octanol–water partition coefficient (Wildman–Crippen LogP) is 4.46. The Morgan fingerprint density at radius 3 is 1.41 bits per heavy atom. The molecule has 0 saturated heterocycles. The summed E-state index contributed by atoms with van der Waals surface area (Å²) in [4.78, 5) is 0. The van der Waals surface area contributed by atoms with Gasteiger partial charge in [0.1, 0.15) is 6.61 Å². The molecule has 1 N–H and O–H groups in total. The van der Waals surface area contributed by atoms with Crippen LogP contribution in [0.25, 0.3) is 0 Å². The minimum atomic E-state index is -8.04. The average Bonchev–Trinajstić information content (AvgIpc) is 2.45. The Morgan fingerprint density at radius 2 is 1.07 bits per heavy atom. The van der Waals surface area contributed by atoms with Crippen LogP contribution in [-0.4, -0.2) is 66.4 Å². The van der Waals surface area contributed by atoms with Gasteiger partial charge in [0.15, 0.2) is 0 Å². The van der Waals surface area contributed by atoms with E-state index in [4.69, 9.17) is 5.11 Å². The molecular weight excluding hydrogens is 430 g/mol. The molecule has 0 aromatic carbocycles. The average molecular weight is 440 g/mol. The molecule has 0 aliphatic carbocycles. The summed E-state index contributed by atoms with van der Waals surface area (Å²) in [5.74, 6) is -44.9. The van der Waals surface area contributed by atoms with Gasteiger partial charge in [0.05, 0.1) is 12.7 Å². The predicted molar refractivity (Wildman–Crippen MR) is 58.2 cm³/mol. The van der Waals surface area contributed by atoms with Gasteiger partial charge in [0.2, 0.25) is 0 Å². The van der Waals surface area contributed by atoms with Gasteiger partial charge in [-0.3, -0.25) is 0 Å². The summed E-state index contributed by atoms with van der Waals surface area (Å²) < 4.78 is 184. The molecule has 2 nitrogen and oxygen atoms in total. The lowest BCUT2D eigenvalue weighted by Crippen LogP contribution is -2.72. The normalized spacial score (nSPS) is 16.8. The highest BCUT2D eigenvalue weighted by molar-refractivity contribution is 5.12. The second-order valence-corrected chi connectivity index (χ2v) is 5.29. The van der Waals surface area contributed by atoms with Crippen molar-refractivity contribution in [2.45, 2.75) is 55.0 Å². The van der Waals surface area contributed by atoms with Gasteiger partial charge >= 0.3 is 42.0 Å². The molecule has 16 heteroatoms. The highest BCUT2D eigenvalue weighted by Crippen LogP contribution is 2.60. The molecule has 0 saturated carbocycles. The largest absolute Gasteiger partial charge is 0.391 e. The first-order valence-electron chi connectivity index (χ1n) is 6.42. The Morgan fingerprint density at radius 1 is 0.704 bits per heavy atom. The fourth-order valence-electron chi connectivity index (χ4n) is 1.42. The van der Waals surface area contributed by atoms with E-state index in [0.717, 1.165) is 6.92 Å². The molecule has 1 unspecified atom stereocenters. The summed E-state index contributed by atoms with van der Waals surface area (Å²) >= 11 is 0. The Hall–Kier alpha value is -1.06. The van der Waals surface area contributed by atoms with Crippen molar-refractivity contribution in [3.05, 3.63) is 0 Å². The van der Waals surface area contributed by atoms with E-state index in [1.54, 1.807) is 0 Å². The van der Waals surface area contributed by atoms with Gasteiger partial charge in [-0.15, -0.1) is 0 Å². The summed E-state index contributed by atoms with van der Waals surface area (Å²) in [6, 6.07) is 0. The molecule has 0 amide bonds. The van der Waals surface area contributed by atoms with Crippen LogP contribution in [0, 0.1) is 0 Å². The first-order chi connectivity index (χ1) is 11.6. The van der Waals surface area contributed by atoms with Gasteiger partial charge in [0, 0.05) is 0 Å². The molecule has 0 fully saturated rings. The number of rotatable bonds is 10. The maximum absolute atomic E-state index is 13.2. The van der Waals surface area contributed by atoms with E-state index in [1.165, 1.54) is 0 Å². The molecule has 0 heterocycles. The number of aliphatic hydroxyl groups excluding tert-OH is 1. The van der Waals surface area contributed by atoms with Crippen molar-refractivity contribution < 1.29 is 71.3 Å². The SMILES string of the molecule is CC(O)COCC(F)(F)C(F)(F)C(F)(F)C(F)(F)C(F)(F)C(F)(F)C(F)F. The van der Waals surface area contributed by atoms with E-state index in [1.807, 2.05) is 0 Å². The quantitative estimate of drug-likeness (QED) is 0.509. The van der Waals surface area contributed by atoms with Gasteiger partial charge in [-0.25, -0.2) is 8.78 Å². The molecule has 0 aromatic heterocycles. The molecular formula is C11H10F14O2. The van der Waals surface area contributed by atoms with Crippen LogP contribution in [0.2, 0.25) is 0 Å². The van der Waals surface area contributed by atoms with Crippen molar-refractivity contribution in [1.82, 2.24) is 0 Å². The highest BCUT2D eigenvalue weighted by atomic mass is 19.4. The second kappa shape index (κ2) is 7.40. The smallest absolute Gasteiger partial charge is 0.384 e. The summed E-state index contributed by atoms with van der Waals surface area (Å²) in [6.07, 6.45) is -7.36. The van der Waals surface area contributed by atoms with Crippen LogP contribution < -0.4 is 0 Å². The van der Waals surface area contributed by atoms with Crippen LogP contribution >= 0.6 is 0 Å². The van der Waals surface area contributed by atoms with E-state index in [2.05, 4.69) is 4.74 Å². The van der Waals surface area contributed by atoms with Crippen LogP contribution in [0.1, 0.15) is 6.92 Å². The third-order valence-electron chi connectivity index (χ3n) is 2.98. The molecule has 1 atom stereocenters. The first-order valence-corrected chi connectivity index (χ1v) is 6.42. The van der Waals surface area contributed by atoms with Gasteiger partial charge in [-0.1, -0.05) is 0 Å². The van der Waals surface area contributed by atoms with Crippen LogP contribution in [0.5, 0.6) is 0 Å². The zero-order valence-electron chi connectivity index (χ0n) is 12.7. The topological polar surface area (TPSA) is 29.5 Å². The maximum atomic E-state index is 13.2. The highest BCUT2D eigenvalue weighted by Gasteiger charge is 2.91. The lowest BCUT2D eigenvalue weighted by Gasteiger charge is -2.41. The van der Waals surface area contributed by atoms with E-state index >= 15 is 0 Å². The van der Waals surface area contributed by atoms with E-state index < -0.39 is 61.3 Å². The third-order valence-corrected chi connectivity index (χ3v) is 2.98. The van der Waals surface area contributed by atoms with Crippen molar-refractivity contribution in [2.75, 3.05) is 13.2 Å². The molecule has 0 spiro atoms. The van der Waals surface area contributed by atoms with Crippen molar-refractivity contribution >= 4 is 0 Å². The van der Waals surface area contributed by atoms with Crippen LogP contribution in [0.4, 0.5) is 61.5 Å². The second-order valence-electron chi connectivity index (χ2n) is 5.29. The molecule has 0 rings (SSSR count). The Kier molecular flexibility index (Phi) is 7.11. The first kappa shape index (κ1) is 25.9. The summed E-state index contributed by atoms with van der Waals surface area (Å²) in [5.41, 5.74) is 0. The lowest BCUT2D eigenvalue weighted by atomic mass is 9.91. The minimum absolute atomic E-state index is 0.825. The number of alkyl halides is 14. The van der Waals surface area contributed by atoms with Gasteiger partial charge in [0.25, 0.3) is 0 Å². The maximum Gasteiger partial charge on any atom is 0.384 e. The zero-order valence-corrected chi connectivity index (χ0v) is 12.7. The molecule has 0 aliphatic heterocycles. The van der Waals surface area contributed by atoms with Crippen molar-refractivity contribution in [3.63, 3.8) is 0 Å². The van der Waals surface area contributed by atoms with E-state index in [0.29, 0.717) is 0 Å². The number of aliphatic hydroxyl groups is 1. The lowest BCUT2D eigenvalue weighted by molar-refractivity contribution is -0.434. The van der Waals surface area contributed by atoms with Crippen molar-refractivity contribution in [3.8, 4) is 0 Å². The standard InChI is InChI=1S/C11H10F14O2/c1-4(26)2-27-3-6(14,15)8(18,19)10(22,23)11(24,25)9(20,21)7(16,17)5(12)13/h4-5,26H,2-3H2,1H3. The van der Waals surface area contributed by atoms with Crippen molar-refractivity contribution in [1.29, 1.82) is 0 Å². The minimum Gasteiger partial charge on any atom is -0.391 e. The number of hydrogen-bond donors (Lipinski definition) is 1. The fourth-order valence-corrected chi connectivity index (χ4v) is 1.42. The molecule has 0 aromatic rings. The van der Waals surface area contributed by atoms with Gasteiger partial charge in [-0.2, -0.15) is 52.7 Å². The van der Waals surface area contributed by atoms with Crippen LogP contribution in [0.3, 0.4) is 0 Å². The van der Waals surface area contributed by atoms with Gasteiger partial charge < -0.3 is 9.84 Å².